The first-order chi connectivity index (χ1) is 15.5. The average Bonchev–Trinajstić information content (AvgIpc) is 2.65. The van der Waals surface area contributed by atoms with Crippen molar-refractivity contribution < 1.29 is 84.4 Å². The Bertz CT molecular complexity index is 495. The maximum atomic E-state index is 11.6. The minimum atomic E-state index is -4.94. The quantitative estimate of drug-likeness (QED) is 0.215. The molecule has 0 saturated carbocycles. The summed E-state index contributed by atoms with van der Waals surface area (Å²) in [5, 5.41) is 0. The molecule has 0 amide bonds. The molecule has 1 aliphatic rings. The molecule has 1 rings (SSSR count). The largest absolute Gasteiger partial charge is 2.00 e. The van der Waals surface area contributed by atoms with Crippen LogP contribution in [-0.2, 0) is 26.6 Å². The molecule has 1 heterocycles. The van der Waals surface area contributed by atoms with Crippen molar-refractivity contribution in [3.05, 3.63) is 0 Å². The van der Waals surface area contributed by atoms with E-state index in [1.165, 1.54) is 6.42 Å². The molecule has 0 unspecified atom stereocenters. The van der Waals surface area contributed by atoms with Crippen LogP contribution in [0.3, 0.4) is 0 Å². The number of halogens is 2. The molecule has 35 heavy (non-hydrogen) atoms. The summed E-state index contributed by atoms with van der Waals surface area (Å²) in [7, 11) is -3.27. The van der Waals surface area contributed by atoms with Crippen LogP contribution in [0.2, 0.25) is 0 Å². The van der Waals surface area contributed by atoms with Gasteiger partial charge in [-0.15, -0.1) is 20.5 Å². The van der Waals surface area contributed by atoms with Gasteiger partial charge in [-0.1, -0.05) is 0 Å². The molecule has 1 fully saturated rings. The van der Waals surface area contributed by atoms with Gasteiger partial charge in [0, 0.05) is 32.7 Å². The topological polar surface area (TPSA) is 224 Å². The molecule has 1 saturated heterocycles. The van der Waals surface area contributed by atoms with Gasteiger partial charge in [0.1, 0.15) is 0 Å². The zero-order chi connectivity index (χ0) is 26.8. The van der Waals surface area contributed by atoms with Crippen molar-refractivity contribution in [1.29, 1.82) is 0 Å². The predicted molar refractivity (Wildman–Crippen MR) is 99.4 cm³/mol. The van der Waals surface area contributed by atoms with Crippen molar-refractivity contribution in [3.8, 4) is 0 Å². The Kier molecular flexibility index (Phi) is 25.0. The Morgan fingerprint density at radius 1 is 0.686 bits per heavy atom. The van der Waals surface area contributed by atoms with Crippen LogP contribution in [0.5, 0.6) is 0 Å². The van der Waals surface area contributed by atoms with E-state index < -0.39 is 20.5 Å². The second-order valence-electron chi connectivity index (χ2n) is 7.77. The predicted octanol–water partition coefficient (Wildman–Crippen LogP) is -8.68. The minimum Gasteiger partial charge on any atom is -0.466 e. The molecule has 14 nitrogen and oxygen atoms in total. The number of ether oxygens (including phenoxy) is 1. The maximum Gasteiger partial charge on any atom is 2.00 e. The van der Waals surface area contributed by atoms with E-state index in [1.54, 1.807) is 0 Å². The van der Waals surface area contributed by atoms with Crippen molar-refractivity contribution in [2.45, 2.75) is 26.2 Å². The number of hydrogen-bond acceptors (Lipinski definition) is 14. The van der Waals surface area contributed by atoms with Crippen molar-refractivity contribution in [3.63, 3.8) is 0 Å². The van der Waals surface area contributed by atoms with Gasteiger partial charge < -0.3 is 24.3 Å². The number of nitrogens with zero attached hydrogens (tertiary/aromatic N) is 4. The molecule has 0 atom stereocenters. The fraction of sp³-hybridized carbons (Fsp3) is 0.944. The van der Waals surface area contributed by atoms with E-state index in [4.69, 9.17) is 42.0 Å². The van der Waals surface area contributed by atoms with E-state index in [2.05, 4.69) is 40.7 Å². The molecule has 0 spiro atoms. The number of likely N-dealkylation sites (N-methyl/N-ethyl adjacent to an activating group) is 3. The van der Waals surface area contributed by atoms with E-state index in [0.717, 1.165) is 65.3 Å². The van der Waals surface area contributed by atoms with Crippen molar-refractivity contribution in [2.75, 3.05) is 86.7 Å². The smallest absolute Gasteiger partial charge is 0.466 e. The molecule has 1 aliphatic heterocycles. The normalized spacial score (nSPS) is 18.6. The van der Waals surface area contributed by atoms with Crippen LogP contribution in [0.1, 0.15) is 26.2 Å². The molecule has 0 aliphatic carbocycles. The van der Waals surface area contributed by atoms with Crippen LogP contribution in [0.15, 0.2) is 0 Å². The van der Waals surface area contributed by atoms with Gasteiger partial charge in [0.15, 0.2) is 0 Å². The first-order valence-electron chi connectivity index (χ1n) is 10.7. The van der Waals surface area contributed by atoms with Crippen LogP contribution < -0.4 is 37.3 Å². The molecule has 0 aromatic rings. The zero-order valence-corrected chi connectivity index (χ0v) is 23.1. The Morgan fingerprint density at radius 3 is 1.40 bits per heavy atom. The summed E-state index contributed by atoms with van der Waals surface area (Å²) < 4.78 is 73.0. The van der Waals surface area contributed by atoms with Crippen LogP contribution in [0, 0.1) is 20.5 Å². The van der Waals surface area contributed by atoms with Crippen LogP contribution in [-0.4, -0.2) is 112 Å². The zero-order valence-electron chi connectivity index (χ0n) is 20.6. The monoisotopic (exact) mass is 603 g/mol. The van der Waals surface area contributed by atoms with Crippen molar-refractivity contribution in [2.24, 2.45) is 0 Å². The summed E-state index contributed by atoms with van der Waals surface area (Å²) in [6, 6.07) is 0. The van der Waals surface area contributed by atoms with Crippen LogP contribution in [0.4, 0.5) is 0 Å². The van der Waals surface area contributed by atoms with Gasteiger partial charge in [0.25, 0.3) is 0 Å². The van der Waals surface area contributed by atoms with E-state index in [1.807, 2.05) is 6.92 Å². The molecule has 215 valence electrons. The SMILES string of the molecule is CCOC(=O)CCN1CCCN(C)CCN(C)CCCN(C)CC1.[Cu+2].[O-][Cl+3]([O-])([O-])[O-].[O-][Cl+3]([O-])([O-])[O-]. The number of esters is 1. The van der Waals surface area contributed by atoms with Gasteiger partial charge in [-0.2, -0.15) is 0 Å². The Balaban J connectivity index is -0.000000784. The van der Waals surface area contributed by atoms with Gasteiger partial charge in [-0.05, 0) is 67.1 Å². The molecule has 0 N–H and O–H groups in total. The van der Waals surface area contributed by atoms with Gasteiger partial charge in [0.05, 0.1) is 13.0 Å². The molecule has 17 heteroatoms. The molecular formula is C18H38Cl2CuN4O10. The number of rotatable bonds is 4. The second-order valence-corrected chi connectivity index (χ2v) is 9.28. The Hall–Kier alpha value is 0.0895. The molecule has 1 radical (unpaired) electrons. The van der Waals surface area contributed by atoms with Gasteiger partial charge >= 0.3 is 23.0 Å². The third-order valence-corrected chi connectivity index (χ3v) is 4.69. The fourth-order valence-corrected chi connectivity index (χ4v) is 2.98. The molecule has 0 aromatic heterocycles. The third kappa shape index (κ3) is 38.8. The molecular weight excluding hydrogens is 567 g/mol. The summed E-state index contributed by atoms with van der Waals surface area (Å²) in [6.45, 7) is 11.9. The summed E-state index contributed by atoms with van der Waals surface area (Å²) in [4.78, 5) is 21.3. The maximum absolute atomic E-state index is 11.6. The molecule has 0 bridgehead atoms. The Morgan fingerprint density at radius 2 is 1.03 bits per heavy atom. The van der Waals surface area contributed by atoms with Crippen LogP contribution in [0.25, 0.3) is 0 Å². The van der Waals surface area contributed by atoms with Crippen molar-refractivity contribution >= 4 is 5.97 Å². The molecule has 0 aromatic carbocycles. The number of hydrogen-bond donors (Lipinski definition) is 0. The summed E-state index contributed by atoms with van der Waals surface area (Å²) in [5.41, 5.74) is 0. The van der Waals surface area contributed by atoms with Gasteiger partial charge in [-0.25, -0.2) is 37.3 Å². The minimum absolute atomic E-state index is 0. The van der Waals surface area contributed by atoms with Gasteiger partial charge in [0.2, 0.25) is 0 Å². The van der Waals surface area contributed by atoms with E-state index in [0.29, 0.717) is 13.0 Å². The Labute approximate surface area is 222 Å². The van der Waals surface area contributed by atoms with E-state index in [-0.39, 0.29) is 23.0 Å². The summed E-state index contributed by atoms with van der Waals surface area (Å²) in [5.74, 6) is -0.0783. The standard InChI is InChI=1S/C18H38N4O2.2ClHO4.Cu/c1-5-24-18(23)8-13-22-12-7-11-20(3)15-14-19(2)9-6-10-21(4)16-17-22;2*2-1(3,4)5;/h5-17H2,1-4H3;2*(H,2,3,4,5);/q;;;+2/p-2. The fourth-order valence-electron chi connectivity index (χ4n) is 2.98. The number of carbonyl (C=O) groups is 1. The first-order valence-corrected chi connectivity index (χ1v) is 13.1. The number of carbonyl (C=O) groups excluding carboxylic acids is 1. The van der Waals surface area contributed by atoms with E-state index in [9.17, 15) is 4.79 Å². The average molecular weight is 605 g/mol. The first kappa shape index (κ1) is 39.6. The third-order valence-electron chi connectivity index (χ3n) is 4.69. The summed E-state index contributed by atoms with van der Waals surface area (Å²) in [6.07, 6.45) is 2.85. The van der Waals surface area contributed by atoms with Gasteiger partial charge in [-0.3, -0.25) is 4.79 Å². The summed E-state index contributed by atoms with van der Waals surface area (Å²) >= 11 is 0. The second kappa shape index (κ2) is 22.1. The van der Waals surface area contributed by atoms with E-state index >= 15 is 0 Å². The van der Waals surface area contributed by atoms with Crippen LogP contribution >= 0.6 is 0 Å². The van der Waals surface area contributed by atoms with Crippen molar-refractivity contribution in [1.82, 2.24) is 19.6 Å².